The van der Waals surface area contributed by atoms with E-state index in [0.29, 0.717) is 5.75 Å². The standard InChI is InChI=1S/C7H17N3O3S3/c8-1-5(11)15-7(13)4(10)3-14-16-6(12)2-9/h4-6,11-12H,1-3,8-10H2. The van der Waals surface area contributed by atoms with Gasteiger partial charge in [0.25, 0.3) is 0 Å². The van der Waals surface area contributed by atoms with Crippen LogP contribution in [0.3, 0.4) is 0 Å². The zero-order valence-electron chi connectivity index (χ0n) is 8.61. The summed E-state index contributed by atoms with van der Waals surface area (Å²) < 4.78 is 0. The van der Waals surface area contributed by atoms with Crippen molar-refractivity contribution >= 4 is 38.5 Å². The molecule has 3 atom stereocenters. The number of hydrogen-bond acceptors (Lipinski definition) is 9. The summed E-state index contributed by atoms with van der Waals surface area (Å²) in [7, 11) is 2.44. The molecule has 16 heavy (non-hydrogen) atoms. The monoisotopic (exact) mass is 287 g/mol. The van der Waals surface area contributed by atoms with Crippen molar-refractivity contribution < 1.29 is 15.0 Å². The van der Waals surface area contributed by atoms with Crippen molar-refractivity contribution in [3.63, 3.8) is 0 Å². The minimum atomic E-state index is -0.911. The molecule has 0 heterocycles. The Morgan fingerprint density at radius 3 is 2.25 bits per heavy atom. The third-order valence-electron chi connectivity index (χ3n) is 1.38. The van der Waals surface area contributed by atoms with Crippen LogP contribution in [0.15, 0.2) is 0 Å². The van der Waals surface area contributed by atoms with Gasteiger partial charge < -0.3 is 27.4 Å². The molecule has 0 aromatic carbocycles. The van der Waals surface area contributed by atoms with Crippen LogP contribution < -0.4 is 17.2 Å². The highest BCUT2D eigenvalue weighted by Crippen LogP contribution is 2.26. The number of hydrogen-bond donors (Lipinski definition) is 5. The Hall–Kier alpha value is 0.520. The Balaban J connectivity index is 3.71. The molecule has 0 aliphatic rings. The topological polar surface area (TPSA) is 136 Å². The van der Waals surface area contributed by atoms with Crippen molar-refractivity contribution in [1.82, 2.24) is 0 Å². The molecule has 0 spiro atoms. The van der Waals surface area contributed by atoms with Crippen molar-refractivity contribution in [2.45, 2.75) is 16.9 Å². The van der Waals surface area contributed by atoms with Gasteiger partial charge in [0.1, 0.15) is 10.9 Å². The maximum atomic E-state index is 11.4. The highest BCUT2D eigenvalue weighted by atomic mass is 33.1. The molecule has 6 nitrogen and oxygen atoms in total. The second-order valence-electron chi connectivity index (χ2n) is 2.80. The molecule has 0 rings (SSSR count). The third-order valence-corrected chi connectivity index (χ3v) is 4.91. The van der Waals surface area contributed by atoms with Crippen LogP contribution in [0.2, 0.25) is 0 Å². The number of thioether (sulfide) groups is 1. The van der Waals surface area contributed by atoms with Gasteiger partial charge in [0, 0.05) is 18.8 Å². The van der Waals surface area contributed by atoms with Crippen LogP contribution in [-0.4, -0.2) is 51.1 Å². The van der Waals surface area contributed by atoms with Crippen LogP contribution in [0.1, 0.15) is 0 Å². The molecule has 8 N–H and O–H groups in total. The Morgan fingerprint density at radius 2 is 1.75 bits per heavy atom. The fraction of sp³-hybridized carbons (Fsp3) is 0.857. The van der Waals surface area contributed by atoms with Gasteiger partial charge in [-0.3, -0.25) is 4.79 Å². The van der Waals surface area contributed by atoms with Crippen LogP contribution in [0, 0.1) is 0 Å². The number of nitrogens with two attached hydrogens (primary N) is 3. The fourth-order valence-corrected chi connectivity index (χ4v) is 3.29. The van der Waals surface area contributed by atoms with Crippen molar-refractivity contribution in [3.05, 3.63) is 0 Å². The molecule has 0 radical (unpaired) electrons. The van der Waals surface area contributed by atoms with E-state index < -0.39 is 16.9 Å². The zero-order chi connectivity index (χ0) is 12.6. The summed E-state index contributed by atoms with van der Waals surface area (Å²) in [6, 6.07) is -0.686. The van der Waals surface area contributed by atoms with Gasteiger partial charge in [-0.2, -0.15) is 0 Å². The van der Waals surface area contributed by atoms with Crippen molar-refractivity contribution in [3.8, 4) is 0 Å². The Kier molecular flexibility index (Phi) is 9.85. The summed E-state index contributed by atoms with van der Waals surface area (Å²) in [5.74, 6) is 0.352. The molecule has 9 heteroatoms. The maximum Gasteiger partial charge on any atom is 0.209 e. The van der Waals surface area contributed by atoms with Gasteiger partial charge in [0.2, 0.25) is 5.12 Å². The van der Waals surface area contributed by atoms with Crippen LogP contribution in [0.4, 0.5) is 0 Å². The largest absolute Gasteiger partial charge is 0.381 e. The molecule has 0 amide bonds. The third kappa shape index (κ3) is 7.74. The number of rotatable bonds is 8. The molecule has 0 aromatic rings. The first-order valence-electron chi connectivity index (χ1n) is 4.51. The minimum Gasteiger partial charge on any atom is -0.381 e. The lowest BCUT2D eigenvalue weighted by Gasteiger charge is -2.12. The molecule has 0 fully saturated rings. The lowest BCUT2D eigenvalue weighted by molar-refractivity contribution is -0.111. The minimum absolute atomic E-state index is 0.0108. The predicted molar refractivity (Wildman–Crippen MR) is 70.7 cm³/mol. The van der Waals surface area contributed by atoms with E-state index in [1.165, 1.54) is 21.6 Å². The summed E-state index contributed by atoms with van der Waals surface area (Å²) in [6.45, 7) is 0.165. The number of aliphatic hydroxyl groups is 2. The van der Waals surface area contributed by atoms with Gasteiger partial charge >= 0.3 is 0 Å². The quantitative estimate of drug-likeness (QED) is 0.267. The van der Waals surface area contributed by atoms with Crippen LogP contribution >= 0.6 is 33.3 Å². The first kappa shape index (κ1) is 16.5. The summed E-state index contributed by atoms with van der Waals surface area (Å²) in [4.78, 5) is 11.4. The summed E-state index contributed by atoms with van der Waals surface area (Å²) in [6.07, 6.45) is 0. The lowest BCUT2D eigenvalue weighted by atomic mass is 10.4. The first-order valence-corrected chi connectivity index (χ1v) is 7.78. The molecular weight excluding hydrogens is 270 g/mol. The Bertz CT molecular complexity index is 211. The van der Waals surface area contributed by atoms with Crippen LogP contribution in [-0.2, 0) is 4.79 Å². The van der Waals surface area contributed by atoms with E-state index in [0.717, 1.165) is 11.8 Å². The SMILES string of the molecule is NCC(O)SSCC(N)C(=O)SC(O)CN. The van der Waals surface area contributed by atoms with E-state index in [1.54, 1.807) is 0 Å². The van der Waals surface area contributed by atoms with E-state index in [2.05, 4.69) is 0 Å². The summed E-state index contributed by atoms with van der Waals surface area (Å²) in [5, 5.41) is 17.9. The first-order chi connectivity index (χ1) is 7.51. The molecule has 0 aliphatic heterocycles. The van der Waals surface area contributed by atoms with Gasteiger partial charge in [-0.25, -0.2) is 0 Å². The number of aliphatic hydroxyl groups excluding tert-OH is 2. The number of carbonyl (C=O) groups is 1. The molecule has 0 saturated carbocycles. The van der Waals surface area contributed by atoms with Crippen LogP contribution in [0.5, 0.6) is 0 Å². The Morgan fingerprint density at radius 1 is 1.19 bits per heavy atom. The van der Waals surface area contributed by atoms with Gasteiger partial charge in [-0.15, -0.1) is 0 Å². The average Bonchev–Trinajstić information content (AvgIpc) is 2.28. The van der Waals surface area contributed by atoms with Gasteiger partial charge in [0.05, 0.1) is 6.04 Å². The van der Waals surface area contributed by atoms with Gasteiger partial charge in [-0.1, -0.05) is 33.3 Å². The molecular formula is C7H17N3O3S3. The van der Waals surface area contributed by atoms with Crippen molar-refractivity contribution in [1.29, 1.82) is 0 Å². The second kappa shape index (κ2) is 9.54. The molecule has 0 aliphatic carbocycles. The summed E-state index contributed by atoms with van der Waals surface area (Å²) >= 11 is 0.729. The number of carbonyl (C=O) groups excluding carboxylic acids is 1. The average molecular weight is 287 g/mol. The zero-order valence-corrected chi connectivity index (χ0v) is 11.1. The second-order valence-corrected chi connectivity index (χ2v) is 6.58. The van der Waals surface area contributed by atoms with E-state index in [9.17, 15) is 4.79 Å². The smallest absolute Gasteiger partial charge is 0.209 e. The van der Waals surface area contributed by atoms with E-state index in [-0.39, 0.29) is 18.2 Å². The van der Waals surface area contributed by atoms with E-state index in [4.69, 9.17) is 27.4 Å². The van der Waals surface area contributed by atoms with Crippen LogP contribution in [0.25, 0.3) is 0 Å². The summed E-state index contributed by atoms with van der Waals surface area (Å²) in [5.41, 5.74) is 14.4. The highest BCUT2D eigenvalue weighted by Gasteiger charge is 2.18. The van der Waals surface area contributed by atoms with Crippen molar-refractivity contribution in [2.24, 2.45) is 17.2 Å². The predicted octanol–water partition coefficient (Wildman–Crippen LogP) is -1.49. The van der Waals surface area contributed by atoms with E-state index >= 15 is 0 Å². The van der Waals surface area contributed by atoms with E-state index in [1.807, 2.05) is 0 Å². The molecule has 0 bridgehead atoms. The molecule has 0 aromatic heterocycles. The molecule has 0 saturated heterocycles. The molecule has 96 valence electrons. The normalized spacial score (nSPS) is 16.8. The fourth-order valence-electron chi connectivity index (χ4n) is 0.568. The lowest BCUT2D eigenvalue weighted by Crippen LogP contribution is -2.33. The Labute approximate surface area is 106 Å². The highest BCUT2D eigenvalue weighted by molar-refractivity contribution is 8.76. The van der Waals surface area contributed by atoms with Crippen molar-refractivity contribution in [2.75, 3.05) is 18.8 Å². The van der Waals surface area contributed by atoms with Gasteiger partial charge in [0.15, 0.2) is 0 Å². The maximum absolute atomic E-state index is 11.4. The molecule has 3 unspecified atom stereocenters. The van der Waals surface area contributed by atoms with Gasteiger partial charge in [-0.05, 0) is 0 Å².